The molecule has 1 aromatic heterocycles. The smallest absolute Gasteiger partial charge is 0.240 e. The van der Waals surface area contributed by atoms with E-state index in [0.717, 1.165) is 62.6 Å². The lowest BCUT2D eigenvalue weighted by Crippen LogP contribution is -2.42. The third-order valence-corrected chi connectivity index (χ3v) is 8.03. The van der Waals surface area contributed by atoms with Gasteiger partial charge in [0.2, 0.25) is 5.91 Å². The molecule has 0 bridgehead atoms. The molecule has 28 heavy (non-hydrogen) atoms. The number of fused-ring (bicyclic) bond motifs is 1. The zero-order valence-corrected chi connectivity index (χ0v) is 18.0. The second kappa shape index (κ2) is 9.57. The lowest BCUT2D eigenvalue weighted by molar-refractivity contribution is -0.131. The van der Waals surface area contributed by atoms with Gasteiger partial charge in [-0.1, -0.05) is 18.6 Å². The maximum atomic E-state index is 12.2. The Bertz CT molecular complexity index is 749. The lowest BCUT2D eigenvalue weighted by atomic mass is 9.97. The summed E-state index contributed by atoms with van der Waals surface area (Å²) in [5.74, 6) is 2.61. The van der Waals surface area contributed by atoms with Gasteiger partial charge >= 0.3 is 0 Å². The number of thioether (sulfide) groups is 1. The highest BCUT2D eigenvalue weighted by Gasteiger charge is 2.25. The zero-order chi connectivity index (χ0) is 19.3. The Morgan fingerprint density at radius 1 is 1.21 bits per heavy atom. The molecule has 2 N–H and O–H groups in total. The summed E-state index contributed by atoms with van der Waals surface area (Å²) in [6.07, 6.45) is 5.37. The van der Waals surface area contributed by atoms with Crippen LogP contribution in [0.15, 0.2) is 24.3 Å². The van der Waals surface area contributed by atoms with Gasteiger partial charge in [-0.3, -0.25) is 4.79 Å². The average molecular weight is 419 g/mol. The third-order valence-electron chi connectivity index (χ3n) is 5.87. The minimum Gasteiger partial charge on any atom is -0.331 e. The van der Waals surface area contributed by atoms with Crippen molar-refractivity contribution in [2.24, 2.45) is 5.73 Å². The fraction of sp³-hybridized carbons (Fsp3) is 0.619. The predicted molar refractivity (Wildman–Crippen MR) is 119 cm³/mol. The van der Waals surface area contributed by atoms with E-state index in [1.807, 2.05) is 28.0 Å². The van der Waals surface area contributed by atoms with Crippen molar-refractivity contribution >= 4 is 39.2 Å². The van der Waals surface area contributed by atoms with E-state index in [1.54, 1.807) is 0 Å². The zero-order valence-electron chi connectivity index (χ0n) is 16.4. The van der Waals surface area contributed by atoms with Gasteiger partial charge in [-0.25, -0.2) is 4.98 Å². The van der Waals surface area contributed by atoms with Crippen LogP contribution >= 0.6 is 23.1 Å². The molecule has 7 heteroatoms. The number of unbranched alkanes of at least 4 members (excludes halogenated alkanes) is 1. The van der Waals surface area contributed by atoms with Crippen LogP contribution in [-0.2, 0) is 4.79 Å². The second-order valence-corrected chi connectivity index (χ2v) is 10.0. The fourth-order valence-electron chi connectivity index (χ4n) is 4.11. The summed E-state index contributed by atoms with van der Waals surface area (Å²) in [6, 6.07) is 8.13. The van der Waals surface area contributed by atoms with Gasteiger partial charge in [-0.15, -0.1) is 23.1 Å². The third kappa shape index (κ3) is 4.87. The molecule has 2 aromatic rings. The number of nitrogens with two attached hydrogens (primary N) is 1. The van der Waals surface area contributed by atoms with Crippen LogP contribution in [-0.4, -0.2) is 64.5 Å². The van der Waals surface area contributed by atoms with E-state index in [1.165, 1.54) is 22.5 Å². The van der Waals surface area contributed by atoms with Gasteiger partial charge in [0, 0.05) is 18.2 Å². The van der Waals surface area contributed by atoms with E-state index in [0.29, 0.717) is 5.92 Å². The van der Waals surface area contributed by atoms with Crippen molar-refractivity contribution in [1.29, 1.82) is 0 Å². The summed E-state index contributed by atoms with van der Waals surface area (Å²) in [5, 5.41) is 1.31. The van der Waals surface area contributed by atoms with E-state index in [-0.39, 0.29) is 11.9 Å². The van der Waals surface area contributed by atoms with Crippen molar-refractivity contribution in [3.05, 3.63) is 29.3 Å². The summed E-state index contributed by atoms with van der Waals surface area (Å²) in [6.45, 7) is 4.28. The molecule has 1 amide bonds. The summed E-state index contributed by atoms with van der Waals surface area (Å²) in [7, 11) is 0. The molecule has 2 aliphatic heterocycles. The Morgan fingerprint density at radius 2 is 2.04 bits per heavy atom. The number of aromatic nitrogens is 1. The van der Waals surface area contributed by atoms with E-state index >= 15 is 0 Å². The fourth-order valence-corrected chi connectivity index (χ4v) is 6.21. The molecule has 0 saturated carbocycles. The first-order valence-electron chi connectivity index (χ1n) is 10.4. The summed E-state index contributed by atoms with van der Waals surface area (Å²) < 4.78 is 1.30. The molecule has 5 nitrogen and oxygen atoms in total. The monoisotopic (exact) mass is 418 g/mol. The van der Waals surface area contributed by atoms with Crippen molar-refractivity contribution in [3.63, 3.8) is 0 Å². The van der Waals surface area contributed by atoms with Crippen LogP contribution in [0.5, 0.6) is 0 Å². The highest BCUT2D eigenvalue weighted by Crippen LogP contribution is 2.33. The molecule has 1 atom stereocenters. The highest BCUT2D eigenvalue weighted by molar-refractivity contribution is 7.99. The van der Waals surface area contributed by atoms with Gasteiger partial charge in [-0.2, -0.15) is 0 Å². The van der Waals surface area contributed by atoms with Crippen LogP contribution in [0.2, 0.25) is 0 Å². The first-order chi connectivity index (χ1) is 13.7. The minimum atomic E-state index is -0.316. The first-order valence-corrected chi connectivity index (χ1v) is 12.4. The average Bonchev–Trinajstić information content (AvgIpc) is 3.40. The van der Waals surface area contributed by atoms with Gasteiger partial charge in [0.25, 0.3) is 0 Å². The van der Waals surface area contributed by atoms with E-state index in [2.05, 4.69) is 29.2 Å². The molecule has 2 aliphatic rings. The SMILES string of the molecule is NC(CCCCN1CCC(c2nc3ccccc3s2)CC1)C(=O)N1CCSC1. The molecule has 0 spiro atoms. The minimum absolute atomic E-state index is 0.140. The molecule has 3 heterocycles. The van der Waals surface area contributed by atoms with Crippen LogP contribution in [0.1, 0.15) is 43.0 Å². The van der Waals surface area contributed by atoms with Gasteiger partial charge in [-0.05, 0) is 57.5 Å². The molecule has 4 rings (SSSR count). The van der Waals surface area contributed by atoms with Crippen LogP contribution in [0.3, 0.4) is 0 Å². The second-order valence-electron chi connectivity index (χ2n) is 7.88. The van der Waals surface area contributed by atoms with Crippen molar-refractivity contribution in [3.8, 4) is 0 Å². The quantitative estimate of drug-likeness (QED) is 0.697. The molecule has 2 saturated heterocycles. The molecular weight excluding hydrogens is 388 g/mol. The maximum absolute atomic E-state index is 12.2. The van der Waals surface area contributed by atoms with Crippen LogP contribution in [0.25, 0.3) is 10.2 Å². The Balaban J connectivity index is 1.15. The number of hydrogen-bond acceptors (Lipinski definition) is 6. The van der Waals surface area contributed by atoms with Crippen molar-refractivity contribution in [2.75, 3.05) is 37.8 Å². The van der Waals surface area contributed by atoms with E-state index in [9.17, 15) is 4.79 Å². The summed E-state index contributed by atoms with van der Waals surface area (Å²) in [5.41, 5.74) is 7.25. The van der Waals surface area contributed by atoms with E-state index < -0.39 is 0 Å². The molecule has 1 unspecified atom stereocenters. The topological polar surface area (TPSA) is 62.5 Å². The number of carbonyl (C=O) groups is 1. The van der Waals surface area contributed by atoms with Gasteiger partial charge in [0.05, 0.1) is 27.1 Å². The largest absolute Gasteiger partial charge is 0.331 e. The Morgan fingerprint density at radius 3 is 2.79 bits per heavy atom. The number of amides is 1. The molecule has 1 aromatic carbocycles. The number of para-hydroxylation sites is 1. The van der Waals surface area contributed by atoms with Crippen LogP contribution in [0, 0.1) is 0 Å². The first kappa shape index (κ1) is 20.1. The van der Waals surface area contributed by atoms with Gasteiger partial charge in [0.15, 0.2) is 0 Å². The number of benzene rings is 1. The molecule has 0 radical (unpaired) electrons. The number of nitrogens with zero attached hydrogens (tertiary/aromatic N) is 3. The Labute approximate surface area is 175 Å². The summed E-state index contributed by atoms with van der Waals surface area (Å²) in [4.78, 5) is 21.6. The van der Waals surface area contributed by atoms with Crippen molar-refractivity contribution in [1.82, 2.24) is 14.8 Å². The number of rotatable bonds is 7. The number of piperidine rings is 1. The number of thiazole rings is 1. The highest BCUT2D eigenvalue weighted by atomic mass is 32.2. The van der Waals surface area contributed by atoms with Crippen LogP contribution in [0.4, 0.5) is 0 Å². The van der Waals surface area contributed by atoms with Crippen LogP contribution < -0.4 is 5.73 Å². The van der Waals surface area contributed by atoms with Crippen molar-refractivity contribution in [2.45, 2.75) is 44.1 Å². The van der Waals surface area contributed by atoms with Gasteiger partial charge in [0.1, 0.15) is 0 Å². The standard InChI is InChI=1S/C21H30N4OS2/c22-17(21(26)25-13-14-27-15-25)5-3-4-10-24-11-8-16(9-12-24)20-23-18-6-1-2-7-19(18)28-20/h1-2,6-7,16-17H,3-5,8-15,22H2. The maximum Gasteiger partial charge on any atom is 0.240 e. The lowest BCUT2D eigenvalue weighted by Gasteiger charge is -2.31. The molecule has 152 valence electrons. The number of likely N-dealkylation sites (tertiary alicyclic amines) is 1. The normalized spacial score (nSPS) is 20.1. The molecule has 0 aliphatic carbocycles. The Kier molecular flexibility index (Phi) is 6.88. The van der Waals surface area contributed by atoms with E-state index in [4.69, 9.17) is 10.7 Å². The number of carbonyl (C=O) groups excluding carboxylic acids is 1. The van der Waals surface area contributed by atoms with Crippen molar-refractivity contribution < 1.29 is 4.79 Å². The molecule has 2 fully saturated rings. The Hall–Kier alpha value is -1.15. The predicted octanol–water partition coefficient (Wildman–Crippen LogP) is 3.51. The summed E-state index contributed by atoms with van der Waals surface area (Å²) >= 11 is 3.68. The van der Waals surface area contributed by atoms with Gasteiger partial charge < -0.3 is 15.5 Å². The molecular formula is C21H30N4OS2. The number of hydrogen-bond donors (Lipinski definition) is 1.